The Bertz CT molecular complexity index is 1250. The zero-order chi connectivity index (χ0) is 25.6. The SMILES string of the molecule is O=[PH+]NC(NP(=O)(c1ccccc1)c1ccccc1)C1CCCC(c2ccccc2)(c2ccccc2)C1. The van der Waals surface area contributed by atoms with E-state index in [0.29, 0.717) is 0 Å². The van der Waals surface area contributed by atoms with Gasteiger partial charge in [0.05, 0.1) is 0 Å². The van der Waals surface area contributed by atoms with Gasteiger partial charge in [0.15, 0.2) is 0 Å². The van der Waals surface area contributed by atoms with Crippen molar-refractivity contribution in [3.63, 3.8) is 0 Å². The minimum atomic E-state index is -3.21. The second-order valence-corrected chi connectivity index (χ2v) is 12.8. The predicted octanol–water partition coefficient (Wildman–Crippen LogP) is 6.54. The first-order chi connectivity index (χ1) is 18.2. The van der Waals surface area contributed by atoms with Crippen LogP contribution in [0.15, 0.2) is 121 Å². The maximum absolute atomic E-state index is 14.8. The molecule has 37 heavy (non-hydrogen) atoms. The van der Waals surface area contributed by atoms with Crippen molar-refractivity contribution < 1.29 is 9.13 Å². The second kappa shape index (κ2) is 11.7. The lowest BCUT2D eigenvalue weighted by atomic mass is 9.62. The molecular weight excluding hydrogens is 494 g/mol. The summed E-state index contributed by atoms with van der Waals surface area (Å²) in [6.45, 7) is 0. The van der Waals surface area contributed by atoms with Gasteiger partial charge in [0.1, 0.15) is 6.17 Å². The third-order valence-corrected chi connectivity index (χ3v) is 10.8. The van der Waals surface area contributed by atoms with Crippen molar-refractivity contribution in [2.45, 2.75) is 37.3 Å². The second-order valence-electron chi connectivity index (χ2n) is 9.80. The van der Waals surface area contributed by atoms with Crippen LogP contribution in [0.25, 0.3) is 0 Å². The van der Waals surface area contributed by atoms with Gasteiger partial charge >= 0.3 is 8.61 Å². The molecule has 1 fully saturated rings. The summed E-state index contributed by atoms with van der Waals surface area (Å²) >= 11 is 0. The first-order valence-electron chi connectivity index (χ1n) is 12.9. The summed E-state index contributed by atoms with van der Waals surface area (Å²) in [5, 5.41) is 8.19. The Kier molecular flexibility index (Phi) is 8.13. The van der Waals surface area contributed by atoms with Gasteiger partial charge in [-0.05, 0) is 60.6 Å². The summed E-state index contributed by atoms with van der Waals surface area (Å²) in [7, 11) is -3.91. The molecule has 3 unspecified atom stereocenters. The van der Waals surface area contributed by atoms with Crippen LogP contribution in [-0.2, 0) is 14.5 Å². The maximum atomic E-state index is 14.8. The Morgan fingerprint density at radius 1 is 0.730 bits per heavy atom. The topological polar surface area (TPSA) is 58.2 Å². The molecule has 0 bridgehead atoms. The highest BCUT2D eigenvalue weighted by atomic mass is 31.2. The lowest BCUT2D eigenvalue weighted by Crippen LogP contribution is -2.49. The van der Waals surface area contributed by atoms with Gasteiger partial charge in [0, 0.05) is 16.0 Å². The summed E-state index contributed by atoms with van der Waals surface area (Å²) in [4.78, 5) is 0. The smallest absolute Gasteiger partial charge is 0.296 e. The van der Waals surface area contributed by atoms with Crippen molar-refractivity contribution in [1.82, 2.24) is 10.2 Å². The molecule has 0 aromatic heterocycles. The van der Waals surface area contributed by atoms with E-state index >= 15 is 0 Å². The molecule has 4 aromatic rings. The van der Waals surface area contributed by atoms with Crippen LogP contribution in [0.2, 0.25) is 0 Å². The molecule has 6 heteroatoms. The maximum Gasteiger partial charge on any atom is 0.419 e. The van der Waals surface area contributed by atoms with Gasteiger partial charge in [-0.25, -0.2) is 5.09 Å². The summed E-state index contributed by atoms with van der Waals surface area (Å²) in [5.74, 6) is 0.122. The fourth-order valence-electron chi connectivity index (χ4n) is 5.90. The van der Waals surface area contributed by atoms with Crippen LogP contribution < -0.4 is 20.8 Å². The monoisotopic (exact) mass is 527 g/mol. The van der Waals surface area contributed by atoms with Crippen molar-refractivity contribution in [3.05, 3.63) is 132 Å². The van der Waals surface area contributed by atoms with Gasteiger partial charge in [-0.2, -0.15) is 0 Å². The molecule has 0 heterocycles. The number of benzene rings is 4. The molecule has 1 aliphatic rings. The lowest BCUT2D eigenvalue weighted by Gasteiger charge is -2.44. The van der Waals surface area contributed by atoms with Crippen molar-refractivity contribution >= 4 is 26.5 Å². The van der Waals surface area contributed by atoms with E-state index in [1.807, 2.05) is 60.7 Å². The van der Waals surface area contributed by atoms with Crippen LogP contribution >= 0.6 is 15.9 Å². The average Bonchev–Trinajstić information content (AvgIpc) is 2.98. The molecule has 1 aliphatic carbocycles. The highest BCUT2D eigenvalue weighted by Gasteiger charge is 2.44. The lowest BCUT2D eigenvalue weighted by molar-refractivity contribution is 0.212. The molecular formula is C31H33N2O2P2+. The summed E-state index contributed by atoms with van der Waals surface area (Å²) in [6, 6.07) is 40.6. The molecule has 0 saturated heterocycles. The third-order valence-electron chi connectivity index (χ3n) is 7.69. The molecule has 3 atom stereocenters. The van der Waals surface area contributed by atoms with Gasteiger partial charge in [-0.1, -0.05) is 113 Å². The van der Waals surface area contributed by atoms with Gasteiger partial charge in [-0.15, -0.1) is 0 Å². The van der Waals surface area contributed by atoms with E-state index in [-0.39, 0.29) is 17.5 Å². The van der Waals surface area contributed by atoms with Crippen LogP contribution in [0, 0.1) is 5.92 Å². The van der Waals surface area contributed by atoms with E-state index in [0.717, 1.165) is 36.3 Å². The third kappa shape index (κ3) is 5.40. The van der Waals surface area contributed by atoms with E-state index in [4.69, 9.17) is 0 Å². The minimum Gasteiger partial charge on any atom is -0.296 e. The Balaban J connectivity index is 1.54. The molecule has 4 aromatic carbocycles. The standard InChI is InChI=1S/C31H32N2O2P2/c34-36-32-30(33-37(35,28-19-9-3-10-20-28)29-21-11-4-12-22-29)25-14-13-23-31(24-25,26-15-5-1-6-16-26)27-17-7-2-8-18-27/h1-12,15-22,25,30H,13-14,23-24H2,(H,32,34)(H,33,35)/p+1. The largest absolute Gasteiger partial charge is 0.419 e. The molecule has 0 aliphatic heterocycles. The molecule has 1 saturated carbocycles. The number of nitrogens with one attached hydrogen (secondary N) is 2. The first kappa shape index (κ1) is 25.8. The van der Waals surface area contributed by atoms with Gasteiger partial charge < -0.3 is 0 Å². The van der Waals surface area contributed by atoms with E-state index in [1.54, 1.807) is 0 Å². The predicted molar refractivity (Wildman–Crippen MR) is 154 cm³/mol. The van der Waals surface area contributed by atoms with E-state index < -0.39 is 15.9 Å². The fraction of sp³-hybridized carbons (Fsp3) is 0.226. The van der Waals surface area contributed by atoms with Crippen LogP contribution in [-0.4, -0.2) is 6.17 Å². The zero-order valence-electron chi connectivity index (χ0n) is 20.8. The Hall–Kier alpha value is -2.87. The number of hydrogen-bond donors (Lipinski definition) is 2. The molecule has 188 valence electrons. The number of rotatable bonds is 9. The van der Waals surface area contributed by atoms with Crippen molar-refractivity contribution in [2.24, 2.45) is 5.92 Å². The van der Waals surface area contributed by atoms with Gasteiger partial charge in [0.25, 0.3) is 0 Å². The Morgan fingerprint density at radius 2 is 1.19 bits per heavy atom. The molecule has 5 rings (SSSR count). The van der Waals surface area contributed by atoms with Gasteiger partial charge in [-0.3, -0.25) is 4.57 Å². The number of hydrogen-bond acceptors (Lipinski definition) is 2. The quantitative estimate of drug-likeness (QED) is 0.192. The van der Waals surface area contributed by atoms with E-state index in [2.05, 4.69) is 70.8 Å². The molecule has 4 nitrogen and oxygen atoms in total. The summed E-state index contributed by atoms with van der Waals surface area (Å²) < 4.78 is 26.8. The molecule has 2 N–H and O–H groups in total. The molecule has 0 radical (unpaired) electrons. The first-order valence-corrected chi connectivity index (χ1v) is 15.5. The Labute approximate surface area is 221 Å². The summed E-state index contributed by atoms with van der Waals surface area (Å²) in [5.41, 5.74) is 2.43. The average molecular weight is 528 g/mol. The highest BCUT2D eigenvalue weighted by Crippen LogP contribution is 2.49. The molecule has 0 spiro atoms. The zero-order valence-corrected chi connectivity index (χ0v) is 22.7. The van der Waals surface area contributed by atoms with Gasteiger partial charge in [0.2, 0.25) is 7.29 Å². The van der Waals surface area contributed by atoms with Crippen LogP contribution in [0.3, 0.4) is 0 Å². The fourth-order valence-corrected chi connectivity index (χ4v) is 8.90. The van der Waals surface area contributed by atoms with Crippen LogP contribution in [0.4, 0.5) is 0 Å². The van der Waals surface area contributed by atoms with E-state index in [9.17, 15) is 9.13 Å². The minimum absolute atomic E-state index is 0.122. The Morgan fingerprint density at radius 3 is 1.65 bits per heavy atom. The van der Waals surface area contributed by atoms with Crippen molar-refractivity contribution in [2.75, 3.05) is 0 Å². The molecule has 0 amide bonds. The summed E-state index contributed by atoms with van der Waals surface area (Å²) in [6.07, 6.45) is 3.50. The van der Waals surface area contributed by atoms with E-state index in [1.165, 1.54) is 11.1 Å². The van der Waals surface area contributed by atoms with Crippen LogP contribution in [0.5, 0.6) is 0 Å². The normalized spacial score (nSPS) is 18.3. The van der Waals surface area contributed by atoms with Crippen LogP contribution in [0.1, 0.15) is 36.8 Å². The van der Waals surface area contributed by atoms with Crippen molar-refractivity contribution in [1.29, 1.82) is 0 Å². The highest BCUT2D eigenvalue weighted by molar-refractivity contribution is 7.77. The van der Waals surface area contributed by atoms with Crippen molar-refractivity contribution in [3.8, 4) is 0 Å².